The van der Waals surface area contributed by atoms with E-state index >= 15 is 0 Å². The van der Waals surface area contributed by atoms with E-state index in [-0.39, 0.29) is 11.7 Å². The fourth-order valence-electron chi connectivity index (χ4n) is 2.33. The monoisotopic (exact) mass is 333 g/mol. The van der Waals surface area contributed by atoms with E-state index in [2.05, 4.69) is 4.98 Å². The lowest BCUT2D eigenvalue weighted by molar-refractivity contribution is 0.0695. The third kappa shape index (κ3) is 4.23. The van der Waals surface area contributed by atoms with Gasteiger partial charge < -0.3 is 9.84 Å². The number of pyridine rings is 1. The van der Waals surface area contributed by atoms with E-state index in [1.807, 2.05) is 26.8 Å². The molecule has 0 saturated carbocycles. The molecule has 5 heteroatoms. The molecule has 0 atom stereocenters. The highest BCUT2D eigenvalue weighted by atomic mass is 35.5. The number of nitrogens with zero attached hydrogens (tertiary/aromatic N) is 1. The van der Waals surface area contributed by atoms with Crippen molar-refractivity contribution in [2.45, 2.75) is 39.7 Å². The summed E-state index contributed by atoms with van der Waals surface area (Å²) in [6, 6.07) is 8.68. The van der Waals surface area contributed by atoms with Gasteiger partial charge in [-0.05, 0) is 50.6 Å². The third-order valence-electron chi connectivity index (χ3n) is 3.27. The van der Waals surface area contributed by atoms with Gasteiger partial charge in [0.05, 0.1) is 23.1 Å². The first kappa shape index (κ1) is 17.3. The minimum Gasteiger partial charge on any atom is -0.490 e. The molecule has 0 radical (unpaired) electrons. The van der Waals surface area contributed by atoms with E-state index in [1.165, 1.54) is 0 Å². The molecular formula is C18H20ClNO3. The van der Waals surface area contributed by atoms with E-state index in [4.69, 9.17) is 16.3 Å². The molecule has 0 unspecified atom stereocenters. The van der Waals surface area contributed by atoms with Crippen LogP contribution in [0.15, 0.2) is 30.3 Å². The first-order valence-electron chi connectivity index (χ1n) is 7.62. The van der Waals surface area contributed by atoms with Gasteiger partial charge in [0.1, 0.15) is 5.75 Å². The molecule has 0 aliphatic rings. The Morgan fingerprint density at radius 3 is 2.65 bits per heavy atom. The quantitative estimate of drug-likeness (QED) is 0.821. The number of aromatic carboxylic acids is 1. The summed E-state index contributed by atoms with van der Waals surface area (Å²) in [5.41, 5.74) is 2.32. The van der Waals surface area contributed by atoms with E-state index in [0.29, 0.717) is 28.6 Å². The number of rotatable bonds is 6. The van der Waals surface area contributed by atoms with Gasteiger partial charge in [-0.1, -0.05) is 24.9 Å². The summed E-state index contributed by atoms with van der Waals surface area (Å²) in [7, 11) is 0. The zero-order chi connectivity index (χ0) is 17.0. The Morgan fingerprint density at radius 1 is 1.30 bits per heavy atom. The second kappa shape index (κ2) is 7.47. The molecule has 0 fully saturated rings. The van der Waals surface area contributed by atoms with Crippen molar-refractivity contribution in [1.82, 2.24) is 4.98 Å². The van der Waals surface area contributed by atoms with Gasteiger partial charge in [-0.3, -0.25) is 4.98 Å². The Bertz CT molecular complexity index is 713. The molecule has 1 N–H and O–H groups in total. The van der Waals surface area contributed by atoms with Crippen molar-refractivity contribution in [3.63, 3.8) is 0 Å². The molecule has 122 valence electrons. The van der Waals surface area contributed by atoms with Gasteiger partial charge in [0.2, 0.25) is 0 Å². The van der Waals surface area contributed by atoms with Crippen molar-refractivity contribution >= 4 is 17.6 Å². The summed E-state index contributed by atoms with van der Waals surface area (Å²) in [5.74, 6) is -0.312. The smallest absolute Gasteiger partial charge is 0.337 e. The summed E-state index contributed by atoms with van der Waals surface area (Å²) in [4.78, 5) is 15.9. The maximum absolute atomic E-state index is 11.3. The summed E-state index contributed by atoms with van der Waals surface area (Å²) in [6.45, 7) is 5.87. The number of aryl methyl sites for hydroxylation is 1. The first-order valence-corrected chi connectivity index (χ1v) is 8.00. The van der Waals surface area contributed by atoms with E-state index in [9.17, 15) is 9.90 Å². The van der Waals surface area contributed by atoms with Crippen LogP contribution in [0.2, 0.25) is 5.02 Å². The predicted molar refractivity (Wildman–Crippen MR) is 91.4 cm³/mol. The average molecular weight is 334 g/mol. The van der Waals surface area contributed by atoms with E-state index < -0.39 is 5.97 Å². The number of benzene rings is 1. The Balaban J connectivity index is 2.53. The van der Waals surface area contributed by atoms with Crippen molar-refractivity contribution in [2.24, 2.45) is 0 Å². The fourth-order valence-corrected chi connectivity index (χ4v) is 2.49. The van der Waals surface area contributed by atoms with Crippen LogP contribution in [0.1, 0.15) is 43.2 Å². The van der Waals surface area contributed by atoms with Crippen LogP contribution >= 0.6 is 11.6 Å². The Hall–Kier alpha value is -2.07. The average Bonchev–Trinajstić information content (AvgIpc) is 2.46. The summed E-state index contributed by atoms with van der Waals surface area (Å²) in [6.07, 6.45) is 1.44. The molecule has 1 aromatic carbocycles. The van der Waals surface area contributed by atoms with Crippen molar-refractivity contribution in [2.75, 3.05) is 0 Å². The van der Waals surface area contributed by atoms with Gasteiger partial charge in [-0.25, -0.2) is 4.79 Å². The molecule has 23 heavy (non-hydrogen) atoms. The Labute approximate surface area is 141 Å². The number of carboxylic acid groups (broad SMARTS) is 1. The van der Waals surface area contributed by atoms with Crippen LogP contribution in [0.25, 0.3) is 11.3 Å². The van der Waals surface area contributed by atoms with Gasteiger partial charge >= 0.3 is 5.97 Å². The van der Waals surface area contributed by atoms with Gasteiger partial charge in [-0.15, -0.1) is 0 Å². The van der Waals surface area contributed by atoms with E-state index in [0.717, 1.165) is 12.0 Å². The molecular weight excluding hydrogens is 314 g/mol. The number of halogens is 1. The predicted octanol–water partition coefficient (Wildman–Crippen LogP) is 4.84. The second-order valence-electron chi connectivity index (χ2n) is 5.55. The van der Waals surface area contributed by atoms with Crippen molar-refractivity contribution in [3.8, 4) is 17.0 Å². The number of hydrogen-bond acceptors (Lipinski definition) is 3. The number of carbonyl (C=O) groups is 1. The van der Waals surface area contributed by atoms with Gasteiger partial charge in [-0.2, -0.15) is 0 Å². The highest BCUT2D eigenvalue weighted by Crippen LogP contribution is 2.33. The molecule has 2 rings (SSSR count). The Morgan fingerprint density at radius 2 is 2.04 bits per heavy atom. The minimum absolute atomic E-state index is 0.000576. The SMILES string of the molecule is CCCc1nc(-c2ccc(Cl)cc2OC(C)C)ccc1C(=O)O. The third-order valence-corrected chi connectivity index (χ3v) is 3.51. The van der Waals surface area contributed by atoms with Crippen LogP contribution < -0.4 is 4.74 Å². The fraction of sp³-hybridized carbons (Fsp3) is 0.333. The van der Waals surface area contributed by atoms with E-state index in [1.54, 1.807) is 24.3 Å². The molecule has 1 heterocycles. The maximum atomic E-state index is 11.3. The highest BCUT2D eigenvalue weighted by Gasteiger charge is 2.15. The lowest BCUT2D eigenvalue weighted by Crippen LogP contribution is -2.08. The zero-order valence-electron chi connectivity index (χ0n) is 13.5. The van der Waals surface area contributed by atoms with Crippen molar-refractivity contribution < 1.29 is 14.6 Å². The largest absolute Gasteiger partial charge is 0.490 e. The number of aromatic nitrogens is 1. The van der Waals surface area contributed by atoms with Crippen molar-refractivity contribution in [1.29, 1.82) is 0 Å². The van der Waals surface area contributed by atoms with Gasteiger partial charge in [0.15, 0.2) is 0 Å². The molecule has 1 aromatic heterocycles. The van der Waals surface area contributed by atoms with Crippen LogP contribution in [0.5, 0.6) is 5.75 Å². The summed E-state index contributed by atoms with van der Waals surface area (Å²) >= 11 is 6.06. The van der Waals surface area contributed by atoms with Gasteiger partial charge in [0, 0.05) is 10.6 Å². The first-order chi connectivity index (χ1) is 10.9. The van der Waals surface area contributed by atoms with Crippen LogP contribution in [-0.2, 0) is 6.42 Å². The molecule has 0 bridgehead atoms. The summed E-state index contributed by atoms with van der Waals surface area (Å²) in [5, 5.41) is 9.87. The molecule has 2 aromatic rings. The molecule has 0 amide bonds. The normalized spacial score (nSPS) is 10.8. The lowest BCUT2D eigenvalue weighted by Gasteiger charge is -2.15. The number of carboxylic acids is 1. The maximum Gasteiger partial charge on any atom is 0.337 e. The van der Waals surface area contributed by atoms with Gasteiger partial charge in [0.25, 0.3) is 0 Å². The second-order valence-corrected chi connectivity index (χ2v) is 5.99. The molecule has 0 spiro atoms. The highest BCUT2D eigenvalue weighted by molar-refractivity contribution is 6.30. The zero-order valence-corrected chi connectivity index (χ0v) is 14.2. The van der Waals surface area contributed by atoms with Crippen LogP contribution in [0.3, 0.4) is 0 Å². The molecule has 4 nitrogen and oxygen atoms in total. The number of ether oxygens (including phenoxy) is 1. The van der Waals surface area contributed by atoms with Crippen LogP contribution in [-0.4, -0.2) is 22.2 Å². The topological polar surface area (TPSA) is 59.4 Å². The molecule has 0 aliphatic heterocycles. The molecule has 0 saturated heterocycles. The van der Waals surface area contributed by atoms with Crippen LogP contribution in [0.4, 0.5) is 0 Å². The Kier molecular flexibility index (Phi) is 5.61. The number of hydrogen-bond donors (Lipinski definition) is 1. The standard InChI is InChI=1S/C18H20ClNO3/c1-4-5-15-14(18(21)22)8-9-16(20-15)13-7-6-12(19)10-17(13)23-11(2)3/h6-11H,4-5H2,1-3H3,(H,21,22). The lowest BCUT2D eigenvalue weighted by atomic mass is 10.1. The summed E-state index contributed by atoms with van der Waals surface area (Å²) < 4.78 is 5.82. The molecule has 0 aliphatic carbocycles. The minimum atomic E-state index is -0.956. The van der Waals surface area contributed by atoms with Crippen molar-refractivity contribution in [3.05, 3.63) is 46.6 Å². The van der Waals surface area contributed by atoms with Crippen LogP contribution in [0, 0.1) is 0 Å².